The number of hydrogen-bond acceptors (Lipinski definition) is 3. The molecule has 1 aliphatic heterocycles. The highest BCUT2D eigenvalue weighted by Crippen LogP contribution is 2.31. The molecule has 3 nitrogen and oxygen atoms in total. The summed E-state index contributed by atoms with van der Waals surface area (Å²) < 4.78 is 0. The largest absolute Gasteiger partial charge is 0.263 e. The van der Waals surface area contributed by atoms with Crippen molar-refractivity contribution >= 4 is 8.52 Å². The van der Waals surface area contributed by atoms with Crippen molar-refractivity contribution in [2.75, 3.05) is 0 Å². The second kappa shape index (κ2) is 1.76. The summed E-state index contributed by atoms with van der Waals surface area (Å²) in [5.74, 6) is 0. The fourth-order valence-electron chi connectivity index (χ4n) is 0.298. The fraction of sp³-hybridized carbons (Fsp3) is 1.00. The summed E-state index contributed by atoms with van der Waals surface area (Å²) in [5.41, 5.74) is -0.0903. The van der Waals surface area contributed by atoms with Crippen molar-refractivity contribution in [2.45, 2.75) is 26.4 Å². The van der Waals surface area contributed by atoms with E-state index in [1.54, 1.807) is 4.94 Å². The van der Waals surface area contributed by atoms with Crippen molar-refractivity contribution in [1.82, 2.24) is 4.94 Å². The molecular formula is C4H9N2OP. The van der Waals surface area contributed by atoms with Crippen molar-refractivity contribution < 1.29 is 4.84 Å². The van der Waals surface area contributed by atoms with Gasteiger partial charge in [0.15, 0.2) is 8.52 Å². The molecule has 0 radical (unpaired) electrons. The van der Waals surface area contributed by atoms with Gasteiger partial charge in [0.05, 0.1) is 5.60 Å². The van der Waals surface area contributed by atoms with E-state index in [0.29, 0.717) is 0 Å². The molecule has 0 saturated carbocycles. The summed E-state index contributed by atoms with van der Waals surface area (Å²) in [4.78, 5) is 10.5. The van der Waals surface area contributed by atoms with E-state index in [1.165, 1.54) is 0 Å². The van der Waals surface area contributed by atoms with Crippen molar-refractivity contribution in [1.29, 1.82) is 0 Å². The molecule has 0 aromatic rings. The zero-order chi connectivity index (χ0) is 6.20. The molecule has 1 rings (SSSR count). The fourth-order valence-corrected chi connectivity index (χ4v) is 0.648. The maximum atomic E-state index is 5.20. The molecular weight excluding hydrogens is 123 g/mol. The minimum Gasteiger partial charge on any atom is -0.263 e. The van der Waals surface area contributed by atoms with E-state index in [0.717, 1.165) is 8.52 Å². The first kappa shape index (κ1) is 6.14. The highest BCUT2D eigenvalue weighted by molar-refractivity contribution is 7.28. The van der Waals surface area contributed by atoms with Crippen molar-refractivity contribution in [3.8, 4) is 0 Å². The maximum absolute atomic E-state index is 5.20. The zero-order valence-corrected chi connectivity index (χ0v) is 6.14. The highest BCUT2D eigenvalue weighted by atomic mass is 31.1. The van der Waals surface area contributed by atoms with E-state index >= 15 is 0 Å². The van der Waals surface area contributed by atoms with Gasteiger partial charge in [0, 0.05) is 0 Å². The molecule has 0 aliphatic carbocycles. The quantitative estimate of drug-likeness (QED) is 0.509. The summed E-state index contributed by atoms with van der Waals surface area (Å²) in [7, 11) is 0.933. The van der Waals surface area contributed by atoms with E-state index < -0.39 is 0 Å². The average Bonchev–Trinajstić information content (AvgIpc) is 2.12. The summed E-state index contributed by atoms with van der Waals surface area (Å²) >= 11 is 0. The smallest absolute Gasteiger partial charge is 0.172 e. The summed E-state index contributed by atoms with van der Waals surface area (Å²) in [6.07, 6.45) is 0. The molecule has 1 unspecified atom stereocenters. The predicted molar refractivity (Wildman–Crippen MR) is 32.0 cm³/mol. The third-order valence-electron chi connectivity index (χ3n) is 0.518. The Morgan fingerprint density at radius 2 is 2.00 bits per heavy atom. The van der Waals surface area contributed by atoms with Crippen LogP contribution >= 0.6 is 8.52 Å². The first-order chi connectivity index (χ1) is 3.58. The van der Waals surface area contributed by atoms with Gasteiger partial charge < -0.3 is 0 Å². The summed E-state index contributed by atoms with van der Waals surface area (Å²) in [5, 5.41) is 0. The van der Waals surface area contributed by atoms with Crippen LogP contribution in [0.4, 0.5) is 0 Å². The summed E-state index contributed by atoms with van der Waals surface area (Å²) in [6, 6.07) is 0. The van der Waals surface area contributed by atoms with Crippen LogP contribution in [0.3, 0.4) is 0 Å². The van der Waals surface area contributed by atoms with E-state index in [1.807, 2.05) is 20.8 Å². The Hall–Kier alpha value is 0.0200. The second-order valence-electron chi connectivity index (χ2n) is 2.64. The number of rotatable bonds is 1. The second-order valence-corrected chi connectivity index (χ2v) is 3.34. The lowest BCUT2D eigenvalue weighted by molar-refractivity contribution is -0.145. The SMILES string of the molecule is CC(C)(C)ON1N=P1. The van der Waals surface area contributed by atoms with Gasteiger partial charge in [-0.15, -0.1) is 4.85 Å². The molecule has 0 fully saturated rings. The van der Waals surface area contributed by atoms with Crippen LogP contribution in [-0.4, -0.2) is 10.5 Å². The standard InChI is InChI=1S/C4H9N2OP/c1-4(2,3)7-6-5-8-6/h1-3H3. The molecule has 0 aromatic heterocycles. The molecule has 1 heterocycles. The van der Waals surface area contributed by atoms with Crippen LogP contribution in [0, 0.1) is 0 Å². The van der Waals surface area contributed by atoms with E-state index in [2.05, 4.69) is 4.85 Å². The van der Waals surface area contributed by atoms with E-state index in [4.69, 9.17) is 4.84 Å². The minimum absolute atomic E-state index is 0.0903. The van der Waals surface area contributed by atoms with Crippen LogP contribution in [0.15, 0.2) is 4.85 Å². The van der Waals surface area contributed by atoms with Crippen LogP contribution in [0.2, 0.25) is 0 Å². The molecule has 0 bridgehead atoms. The topological polar surface area (TPSA) is 24.6 Å². The maximum Gasteiger partial charge on any atom is 0.172 e. The Kier molecular flexibility index (Phi) is 1.35. The number of hydrogen-bond donors (Lipinski definition) is 0. The summed E-state index contributed by atoms with van der Waals surface area (Å²) in [6.45, 7) is 5.99. The Balaban J connectivity index is 2.17. The molecule has 0 N–H and O–H groups in total. The molecule has 1 atom stereocenters. The van der Waals surface area contributed by atoms with Gasteiger partial charge in [0.25, 0.3) is 0 Å². The van der Waals surface area contributed by atoms with Gasteiger partial charge in [0.1, 0.15) is 0 Å². The lowest BCUT2D eigenvalue weighted by Gasteiger charge is -2.15. The third kappa shape index (κ3) is 2.36. The van der Waals surface area contributed by atoms with Crippen molar-refractivity contribution in [3.63, 3.8) is 0 Å². The average molecular weight is 132 g/mol. The van der Waals surface area contributed by atoms with Crippen LogP contribution in [0.5, 0.6) is 0 Å². The van der Waals surface area contributed by atoms with Crippen LogP contribution in [0.25, 0.3) is 0 Å². The van der Waals surface area contributed by atoms with Crippen molar-refractivity contribution in [3.05, 3.63) is 0 Å². The number of nitrogens with zero attached hydrogens (tertiary/aromatic N) is 2. The van der Waals surface area contributed by atoms with Crippen molar-refractivity contribution in [2.24, 2.45) is 4.85 Å². The highest BCUT2D eigenvalue weighted by Gasteiger charge is 2.21. The van der Waals surface area contributed by atoms with Crippen LogP contribution in [0.1, 0.15) is 20.8 Å². The van der Waals surface area contributed by atoms with Gasteiger partial charge in [-0.25, -0.2) is 0 Å². The van der Waals surface area contributed by atoms with E-state index in [-0.39, 0.29) is 5.60 Å². The van der Waals surface area contributed by atoms with Gasteiger partial charge >= 0.3 is 0 Å². The molecule has 4 heteroatoms. The molecule has 0 spiro atoms. The van der Waals surface area contributed by atoms with Gasteiger partial charge in [-0.1, -0.05) is 0 Å². The molecule has 0 aromatic carbocycles. The zero-order valence-electron chi connectivity index (χ0n) is 5.25. The first-order valence-corrected chi connectivity index (χ1v) is 3.29. The third-order valence-corrected chi connectivity index (χ3v) is 0.925. The van der Waals surface area contributed by atoms with Gasteiger partial charge in [-0.2, -0.15) is 0 Å². The lowest BCUT2D eigenvalue weighted by atomic mass is 10.2. The van der Waals surface area contributed by atoms with Gasteiger partial charge in [0.2, 0.25) is 0 Å². The Bertz CT molecular complexity index is 112. The molecule has 8 heavy (non-hydrogen) atoms. The molecule has 0 amide bonds. The Labute approximate surface area is 50.5 Å². The van der Waals surface area contributed by atoms with Gasteiger partial charge in [-0.05, 0) is 25.7 Å². The van der Waals surface area contributed by atoms with Crippen LogP contribution < -0.4 is 0 Å². The Morgan fingerprint density at radius 1 is 1.50 bits per heavy atom. The van der Waals surface area contributed by atoms with Crippen LogP contribution in [-0.2, 0) is 4.84 Å². The van der Waals surface area contributed by atoms with Gasteiger partial charge in [-0.3, -0.25) is 4.84 Å². The molecule has 1 aliphatic rings. The molecule has 0 saturated heterocycles. The first-order valence-electron chi connectivity index (χ1n) is 2.49. The predicted octanol–water partition coefficient (Wildman–Crippen LogP) is 1.99. The molecule has 46 valence electrons. The van der Waals surface area contributed by atoms with E-state index in [9.17, 15) is 0 Å². The minimum atomic E-state index is -0.0903. The lowest BCUT2D eigenvalue weighted by Crippen LogP contribution is -2.21. The monoisotopic (exact) mass is 132 g/mol. The normalized spacial score (nSPS) is 28.1. The Morgan fingerprint density at radius 3 is 2.12 bits per heavy atom.